The molecule has 3 N–H and O–H groups in total. The van der Waals surface area contributed by atoms with Crippen LogP contribution in [0.2, 0.25) is 0 Å². The first-order valence-electron chi connectivity index (χ1n) is 8.94. The third-order valence-corrected chi connectivity index (χ3v) is 4.88. The number of methoxy groups -OCH3 is 1. The number of rotatable bonds is 5. The first-order valence-corrected chi connectivity index (χ1v) is 8.94. The van der Waals surface area contributed by atoms with Crippen LogP contribution in [0.1, 0.15) is 12.0 Å². The van der Waals surface area contributed by atoms with Gasteiger partial charge in [-0.05, 0) is 29.5 Å². The Morgan fingerprint density at radius 2 is 2.21 bits per heavy atom. The number of nitrogens with one attached hydrogen (secondary N) is 1. The molecule has 2 heterocycles. The normalized spacial score (nSPS) is 17.9. The van der Waals surface area contributed by atoms with E-state index >= 15 is 0 Å². The second kappa shape index (κ2) is 7.25. The van der Waals surface area contributed by atoms with Crippen molar-refractivity contribution in [2.75, 3.05) is 18.2 Å². The number of hydrogen-bond donors (Lipinski definition) is 2. The summed E-state index contributed by atoms with van der Waals surface area (Å²) in [6, 6.07) is 13.7. The molecule has 0 saturated heterocycles. The number of hydrogen-bond acceptors (Lipinski definition) is 6. The van der Waals surface area contributed by atoms with Crippen molar-refractivity contribution < 1.29 is 9.53 Å². The second-order valence-corrected chi connectivity index (χ2v) is 6.84. The number of carbonyl (C=O) groups is 1. The standard InChI is InChI=1S/C21H19N5O2/c1-28-11-12-4-2-3-5-15(12)18-7-13-8-19(24-10-17(13)20(23)25-18)26-21(27)16-6-14(16)9-22/h2-5,7-8,10,14,16H,6,11H2,1H3,(H2,23,25)(H,24,26,27)/t14-,16?/m0/s1. The van der Waals surface area contributed by atoms with E-state index in [-0.39, 0.29) is 17.7 Å². The van der Waals surface area contributed by atoms with Crippen LogP contribution in [0, 0.1) is 23.2 Å². The minimum atomic E-state index is -0.249. The highest BCUT2D eigenvalue weighted by atomic mass is 16.5. The molecule has 0 spiro atoms. The molecule has 140 valence electrons. The summed E-state index contributed by atoms with van der Waals surface area (Å²) in [6.45, 7) is 0.467. The Hall–Kier alpha value is -3.50. The number of nitriles is 1. The van der Waals surface area contributed by atoms with Crippen molar-refractivity contribution in [2.24, 2.45) is 11.8 Å². The van der Waals surface area contributed by atoms with Crippen LogP contribution in [-0.4, -0.2) is 23.0 Å². The van der Waals surface area contributed by atoms with Crippen LogP contribution in [0.3, 0.4) is 0 Å². The summed E-state index contributed by atoms with van der Waals surface area (Å²) >= 11 is 0. The van der Waals surface area contributed by atoms with Gasteiger partial charge in [0.05, 0.1) is 30.2 Å². The van der Waals surface area contributed by atoms with E-state index in [0.29, 0.717) is 30.0 Å². The zero-order chi connectivity index (χ0) is 19.7. The van der Waals surface area contributed by atoms with E-state index in [0.717, 1.165) is 22.2 Å². The van der Waals surface area contributed by atoms with Crippen molar-refractivity contribution in [3.63, 3.8) is 0 Å². The van der Waals surface area contributed by atoms with Gasteiger partial charge >= 0.3 is 0 Å². The Balaban J connectivity index is 1.69. The van der Waals surface area contributed by atoms with Crippen LogP contribution in [0.25, 0.3) is 22.0 Å². The molecule has 7 heteroatoms. The van der Waals surface area contributed by atoms with Crippen molar-refractivity contribution in [1.82, 2.24) is 9.97 Å². The van der Waals surface area contributed by atoms with Gasteiger partial charge in [0.25, 0.3) is 0 Å². The molecule has 1 amide bonds. The topological polar surface area (TPSA) is 114 Å². The van der Waals surface area contributed by atoms with Gasteiger partial charge in [0.15, 0.2) is 0 Å². The Bertz CT molecular complexity index is 1110. The van der Waals surface area contributed by atoms with Crippen LogP contribution >= 0.6 is 0 Å². The second-order valence-electron chi connectivity index (χ2n) is 6.84. The molecule has 28 heavy (non-hydrogen) atoms. The number of aromatic nitrogens is 2. The summed E-state index contributed by atoms with van der Waals surface area (Å²) in [5.74, 6) is 0.191. The lowest BCUT2D eigenvalue weighted by Crippen LogP contribution is -2.15. The molecule has 4 rings (SSSR count). The van der Waals surface area contributed by atoms with E-state index in [9.17, 15) is 4.79 Å². The molecule has 3 aromatic rings. The number of anilines is 2. The fourth-order valence-corrected chi connectivity index (χ4v) is 3.28. The third-order valence-electron chi connectivity index (χ3n) is 4.88. The molecule has 1 aromatic carbocycles. The third kappa shape index (κ3) is 3.38. The summed E-state index contributed by atoms with van der Waals surface area (Å²) in [6.07, 6.45) is 2.21. The van der Waals surface area contributed by atoms with Gasteiger partial charge in [0.1, 0.15) is 11.6 Å². The van der Waals surface area contributed by atoms with Gasteiger partial charge < -0.3 is 15.8 Å². The first-order chi connectivity index (χ1) is 13.6. The summed E-state index contributed by atoms with van der Waals surface area (Å²) < 4.78 is 5.28. The molecular formula is C21H19N5O2. The van der Waals surface area contributed by atoms with E-state index in [1.54, 1.807) is 19.4 Å². The molecule has 7 nitrogen and oxygen atoms in total. The predicted molar refractivity (Wildman–Crippen MR) is 106 cm³/mol. The van der Waals surface area contributed by atoms with Crippen molar-refractivity contribution >= 4 is 28.3 Å². The van der Waals surface area contributed by atoms with E-state index in [2.05, 4.69) is 21.4 Å². The number of carbonyl (C=O) groups excluding carboxylic acids is 1. The zero-order valence-electron chi connectivity index (χ0n) is 15.3. The number of amides is 1. The Morgan fingerprint density at radius 1 is 1.39 bits per heavy atom. The maximum atomic E-state index is 12.2. The van der Waals surface area contributed by atoms with E-state index in [1.807, 2.05) is 30.3 Å². The number of ether oxygens (including phenoxy) is 1. The fourth-order valence-electron chi connectivity index (χ4n) is 3.28. The van der Waals surface area contributed by atoms with Crippen molar-refractivity contribution in [2.45, 2.75) is 13.0 Å². The smallest absolute Gasteiger partial charge is 0.230 e. The van der Waals surface area contributed by atoms with Crippen LogP contribution < -0.4 is 11.1 Å². The highest BCUT2D eigenvalue weighted by Crippen LogP contribution is 2.38. The molecule has 0 aliphatic heterocycles. The molecule has 1 unspecified atom stereocenters. The minimum absolute atomic E-state index is 0.175. The zero-order valence-corrected chi connectivity index (χ0v) is 15.3. The molecule has 1 fully saturated rings. The molecule has 2 atom stereocenters. The van der Waals surface area contributed by atoms with E-state index in [4.69, 9.17) is 15.7 Å². The quantitative estimate of drug-likeness (QED) is 0.710. The minimum Gasteiger partial charge on any atom is -0.383 e. The number of nitrogens with two attached hydrogens (primary N) is 1. The average Bonchev–Trinajstić information content (AvgIpc) is 3.48. The Kier molecular flexibility index (Phi) is 4.63. The maximum absolute atomic E-state index is 12.2. The predicted octanol–water partition coefficient (Wildman–Crippen LogP) is 3.12. The first kappa shape index (κ1) is 17.9. The molecule has 2 aromatic heterocycles. The Labute approximate surface area is 162 Å². The monoisotopic (exact) mass is 373 g/mol. The van der Waals surface area contributed by atoms with Gasteiger partial charge in [-0.15, -0.1) is 0 Å². The fraction of sp³-hybridized carbons (Fsp3) is 0.238. The number of fused-ring (bicyclic) bond motifs is 1. The molecular weight excluding hydrogens is 354 g/mol. The highest BCUT2D eigenvalue weighted by molar-refractivity contribution is 5.98. The molecule has 1 aliphatic carbocycles. The number of benzene rings is 1. The lowest BCUT2D eigenvalue weighted by atomic mass is 10.0. The summed E-state index contributed by atoms with van der Waals surface area (Å²) in [4.78, 5) is 21.0. The summed E-state index contributed by atoms with van der Waals surface area (Å²) in [7, 11) is 1.65. The lowest BCUT2D eigenvalue weighted by molar-refractivity contribution is -0.117. The van der Waals surface area contributed by atoms with Crippen molar-refractivity contribution in [3.05, 3.63) is 48.2 Å². The number of nitrogen functional groups attached to an aromatic ring is 1. The highest BCUT2D eigenvalue weighted by Gasteiger charge is 2.43. The maximum Gasteiger partial charge on any atom is 0.230 e. The van der Waals surface area contributed by atoms with Gasteiger partial charge in [-0.1, -0.05) is 24.3 Å². The van der Waals surface area contributed by atoms with Crippen molar-refractivity contribution in [1.29, 1.82) is 5.26 Å². The van der Waals surface area contributed by atoms with Crippen LogP contribution in [0.5, 0.6) is 0 Å². The van der Waals surface area contributed by atoms with Gasteiger partial charge in [0.2, 0.25) is 5.91 Å². The van der Waals surface area contributed by atoms with Gasteiger partial charge in [-0.2, -0.15) is 5.26 Å². The number of nitrogens with zero attached hydrogens (tertiary/aromatic N) is 3. The van der Waals surface area contributed by atoms with Gasteiger partial charge in [0, 0.05) is 24.3 Å². The Morgan fingerprint density at radius 3 is 2.96 bits per heavy atom. The van der Waals surface area contributed by atoms with Gasteiger partial charge in [-0.25, -0.2) is 9.97 Å². The summed E-state index contributed by atoms with van der Waals surface area (Å²) in [5, 5.41) is 13.2. The van der Waals surface area contributed by atoms with Gasteiger partial charge in [-0.3, -0.25) is 4.79 Å². The number of pyridine rings is 2. The van der Waals surface area contributed by atoms with Crippen LogP contribution in [-0.2, 0) is 16.1 Å². The molecule has 1 aliphatic rings. The van der Waals surface area contributed by atoms with E-state index in [1.165, 1.54) is 0 Å². The lowest BCUT2D eigenvalue weighted by Gasteiger charge is -2.11. The van der Waals surface area contributed by atoms with Crippen LogP contribution in [0.15, 0.2) is 42.6 Å². The largest absolute Gasteiger partial charge is 0.383 e. The van der Waals surface area contributed by atoms with Crippen LogP contribution in [0.4, 0.5) is 11.6 Å². The average molecular weight is 373 g/mol. The van der Waals surface area contributed by atoms with E-state index < -0.39 is 0 Å². The molecule has 1 saturated carbocycles. The molecule has 0 bridgehead atoms. The summed E-state index contributed by atoms with van der Waals surface area (Å²) in [5.41, 5.74) is 8.84. The SMILES string of the molecule is COCc1ccccc1-c1cc2cc(NC(=O)C3C[C@H]3C#N)ncc2c(N)n1. The van der Waals surface area contributed by atoms with Crippen molar-refractivity contribution in [3.8, 4) is 17.3 Å². The molecule has 0 radical (unpaired) electrons.